The molecule has 0 aromatic rings. The van der Waals surface area contributed by atoms with Crippen molar-refractivity contribution in [2.24, 2.45) is 11.1 Å². The van der Waals surface area contributed by atoms with Gasteiger partial charge in [-0.2, -0.15) is 0 Å². The Kier molecular flexibility index (Phi) is 2.80. The number of carboxylic acid groups (broad SMARTS) is 1. The van der Waals surface area contributed by atoms with Crippen LogP contribution in [0.5, 0.6) is 0 Å². The predicted octanol–water partition coefficient (Wildman–Crippen LogP) is 0.131. The molecule has 1 saturated carbocycles. The summed E-state index contributed by atoms with van der Waals surface area (Å²) in [6.07, 6.45) is 1.22. The zero-order valence-corrected chi connectivity index (χ0v) is 8.97. The number of amides is 1. The molecular weight excluding hydrogens is 212 g/mol. The number of carbonyl (C=O) groups excluding carboxylic acids is 1. The molecule has 1 aliphatic carbocycles. The van der Waals surface area contributed by atoms with Crippen molar-refractivity contribution in [2.45, 2.75) is 38.3 Å². The first-order valence-electron chi connectivity index (χ1n) is 5.32. The number of aliphatic carboxylic acids is 1. The van der Waals surface area contributed by atoms with Crippen molar-refractivity contribution < 1.29 is 19.5 Å². The highest BCUT2D eigenvalue weighted by molar-refractivity contribution is 6.36. The largest absolute Gasteiger partial charge is 0.477 e. The first-order valence-corrected chi connectivity index (χ1v) is 5.32. The van der Waals surface area contributed by atoms with Gasteiger partial charge in [0.25, 0.3) is 5.91 Å². The van der Waals surface area contributed by atoms with Gasteiger partial charge < -0.3 is 15.3 Å². The van der Waals surface area contributed by atoms with Crippen LogP contribution in [-0.2, 0) is 14.4 Å². The number of hydrogen-bond acceptors (Lipinski definition) is 4. The molecule has 2 rings (SSSR count). The van der Waals surface area contributed by atoms with Crippen molar-refractivity contribution in [3.8, 4) is 0 Å². The van der Waals surface area contributed by atoms with Gasteiger partial charge in [-0.1, -0.05) is 12.1 Å². The number of rotatable bonds is 3. The van der Waals surface area contributed by atoms with E-state index in [0.29, 0.717) is 5.92 Å². The maximum absolute atomic E-state index is 11.6. The summed E-state index contributed by atoms with van der Waals surface area (Å²) in [5.41, 5.74) is -0.0953. The quantitative estimate of drug-likeness (QED) is 0.716. The molecule has 1 aliphatic heterocycles. The number of nitrogens with one attached hydrogen (secondary N) is 1. The minimum Gasteiger partial charge on any atom is -0.477 e. The summed E-state index contributed by atoms with van der Waals surface area (Å²) in [5.74, 6) is -0.745. The van der Waals surface area contributed by atoms with Crippen molar-refractivity contribution in [3.63, 3.8) is 0 Å². The highest BCUT2D eigenvalue weighted by Crippen LogP contribution is 2.26. The minimum atomic E-state index is -1.13. The van der Waals surface area contributed by atoms with Crippen LogP contribution in [-0.4, -0.2) is 34.8 Å². The highest BCUT2D eigenvalue weighted by Gasteiger charge is 2.34. The minimum absolute atomic E-state index is 0.0451. The molecule has 0 bridgehead atoms. The molecule has 6 heteroatoms. The van der Waals surface area contributed by atoms with Gasteiger partial charge in [0.1, 0.15) is 0 Å². The number of carbonyl (C=O) groups is 2. The van der Waals surface area contributed by atoms with E-state index in [1.807, 2.05) is 0 Å². The second-order valence-corrected chi connectivity index (χ2v) is 4.42. The predicted molar refractivity (Wildman–Crippen MR) is 54.9 cm³/mol. The van der Waals surface area contributed by atoms with E-state index in [2.05, 4.69) is 17.4 Å². The average Bonchev–Trinajstić information content (AvgIpc) is 2.63. The van der Waals surface area contributed by atoms with Crippen molar-refractivity contribution in [1.29, 1.82) is 0 Å². The number of nitrogens with zero attached hydrogens (tertiary/aromatic N) is 1. The molecule has 0 spiro atoms. The maximum Gasteiger partial charge on any atom is 0.353 e. The third kappa shape index (κ3) is 2.15. The molecule has 0 aromatic heterocycles. The monoisotopic (exact) mass is 226 g/mol. The van der Waals surface area contributed by atoms with Gasteiger partial charge >= 0.3 is 5.97 Å². The summed E-state index contributed by atoms with van der Waals surface area (Å²) in [6.45, 7) is 2.13. The molecule has 1 heterocycles. The second-order valence-electron chi connectivity index (χ2n) is 4.42. The maximum atomic E-state index is 11.6. The number of oxime groups is 1. The van der Waals surface area contributed by atoms with Crippen LogP contribution < -0.4 is 5.32 Å². The van der Waals surface area contributed by atoms with E-state index in [0.717, 1.165) is 12.8 Å². The molecule has 0 radical (unpaired) electrons. The molecule has 0 saturated heterocycles. The van der Waals surface area contributed by atoms with Crippen LogP contribution in [0.4, 0.5) is 0 Å². The molecule has 16 heavy (non-hydrogen) atoms. The van der Waals surface area contributed by atoms with Gasteiger partial charge in [0.15, 0.2) is 5.71 Å². The first kappa shape index (κ1) is 10.9. The van der Waals surface area contributed by atoms with E-state index in [4.69, 9.17) is 9.94 Å². The van der Waals surface area contributed by atoms with Crippen LogP contribution in [0, 0.1) is 5.92 Å². The van der Waals surface area contributed by atoms with Crippen molar-refractivity contribution in [3.05, 3.63) is 0 Å². The molecule has 1 fully saturated rings. The zero-order valence-electron chi connectivity index (χ0n) is 8.97. The van der Waals surface area contributed by atoms with Crippen LogP contribution in [0.3, 0.4) is 0 Å². The first-order chi connectivity index (χ1) is 7.56. The normalized spacial score (nSPS) is 32.3. The molecular formula is C10H14N2O4. The van der Waals surface area contributed by atoms with Gasteiger partial charge in [0.05, 0.1) is 0 Å². The Morgan fingerprint density at radius 3 is 2.69 bits per heavy atom. The van der Waals surface area contributed by atoms with Gasteiger partial charge in [0, 0.05) is 12.5 Å². The average molecular weight is 226 g/mol. The van der Waals surface area contributed by atoms with Gasteiger partial charge in [0.2, 0.25) is 6.10 Å². The van der Waals surface area contributed by atoms with E-state index in [1.54, 1.807) is 0 Å². The summed E-state index contributed by atoms with van der Waals surface area (Å²) in [6, 6.07) is 0.208. The topological polar surface area (TPSA) is 88.0 Å². The van der Waals surface area contributed by atoms with E-state index in [9.17, 15) is 9.59 Å². The summed E-state index contributed by atoms with van der Waals surface area (Å²) in [5, 5.41) is 14.8. The second kappa shape index (κ2) is 4.11. The third-order valence-corrected chi connectivity index (χ3v) is 2.93. The molecule has 88 valence electrons. The lowest BCUT2D eigenvalue weighted by Crippen LogP contribution is -2.47. The van der Waals surface area contributed by atoms with Crippen LogP contribution in [0.2, 0.25) is 0 Å². The molecule has 2 aliphatic rings. The fraction of sp³-hybridized carbons (Fsp3) is 0.700. The van der Waals surface area contributed by atoms with E-state index in [-0.39, 0.29) is 24.1 Å². The lowest BCUT2D eigenvalue weighted by molar-refractivity contribution is -0.132. The van der Waals surface area contributed by atoms with Gasteiger partial charge in [-0.15, -0.1) is 0 Å². The van der Waals surface area contributed by atoms with E-state index >= 15 is 0 Å². The molecule has 1 amide bonds. The van der Waals surface area contributed by atoms with Gasteiger partial charge in [-0.05, 0) is 18.8 Å². The van der Waals surface area contributed by atoms with Crippen LogP contribution in [0.1, 0.15) is 26.2 Å². The Labute approximate surface area is 92.6 Å². The van der Waals surface area contributed by atoms with Crippen LogP contribution in [0.25, 0.3) is 0 Å². The van der Waals surface area contributed by atoms with E-state index < -0.39 is 12.1 Å². The molecule has 0 aromatic carbocycles. The lowest BCUT2D eigenvalue weighted by Gasteiger charge is -2.33. The third-order valence-electron chi connectivity index (χ3n) is 2.93. The summed E-state index contributed by atoms with van der Waals surface area (Å²) < 4.78 is 0. The Morgan fingerprint density at radius 1 is 1.50 bits per heavy atom. The zero-order chi connectivity index (χ0) is 11.7. The molecule has 1 unspecified atom stereocenters. The fourth-order valence-corrected chi connectivity index (χ4v) is 1.96. The Bertz CT molecular complexity index is 347. The Balaban J connectivity index is 1.78. The lowest BCUT2D eigenvalue weighted by atomic mass is 9.82. The molecule has 2 N–H and O–H groups in total. The van der Waals surface area contributed by atoms with E-state index in [1.165, 1.54) is 0 Å². The summed E-state index contributed by atoms with van der Waals surface area (Å²) in [4.78, 5) is 27.0. The van der Waals surface area contributed by atoms with Crippen LogP contribution in [0.15, 0.2) is 5.16 Å². The molecule has 6 nitrogen and oxygen atoms in total. The van der Waals surface area contributed by atoms with Crippen molar-refractivity contribution >= 4 is 17.6 Å². The van der Waals surface area contributed by atoms with Crippen molar-refractivity contribution in [2.75, 3.05) is 0 Å². The fourth-order valence-electron chi connectivity index (χ4n) is 1.96. The van der Waals surface area contributed by atoms with Gasteiger partial charge in [-0.25, -0.2) is 4.79 Å². The summed E-state index contributed by atoms with van der Waals surface area (Å²) in [7, 11) is 0. The van der Waals surface area contributed by atoms with Gasteiger partial charge in [-0.3, -0.25) is 4.79 Å². The van der Waals surface area contributed by atoms with Crippen LogP contribution >= 0.6 is 0 Å². The Hall–Kier alpha value is -1.59. The standard InChI is InChI=1S/C10H14N2O4/c1-5-2-6(3-5)11-9(13)8-4-7(10(14)15)12-16-8/h5-6,8H,2-4H2,1H3,(H,11,13)(H,14,15). The highest BCUT2D eigenvalue weighted by atomic mass is 16.6. The number of hydrogen-bond donors (Lipinski definition) is 2. The molecule has 1 atom stereocenters. The Morgan fingerprint density at radius 2 is 2.19 bits per heavy atom. The number of carboxylic acids is 1. The van der Waals surface area contributed by atoms with Crippen molar-refractivity contribution in [1.82, 2.24) is 5.32 Å². The summed E-state index contributed by atoms with van der Waals surface area (Å²) >= 11 is 0. The smallest absolute Gasteiger partial charge is 0.353 e. The SMILES string of the molecule is CC1CC(NC(=O)C2CC(C(=O)O)=NO2)C1.